The molecule has 3 heteroatoms. The van der Waals surface area contributed by atoms with Gasteiger partial charge in [-0.2, -0.15) is 4.40 Å². The molecule has 1 aliphatic rings. The molecule has 1 saturated carbocycles. The molecule has 1 unspecified atom stereocenters. The van der Waals surface area contributed by atoms with Crippen molar-refractivity contribution >= 4 is 16.7 Å². The molecule has 1 fully saturated rings. The van der Waals surface area contributed by atoms with Crippen LogP contribution in [0.4, 0.5) is 0 Å². The Hall–Kier alpha value is -0.180. The Morgan fingerprint density at radius 1 is 1.42 bits per heavy atom. The smallest absolute Gasteiger partial charge is 0.144 e. The highest BCUT2D eigenvalue weighted by Gasteiger charge is 2.24. The minimum atomic E-state index is -1.04. The average Bonchev–Trinajstić information content (AvgIpc) is 1.82. The van der Waals surface area contributed by atoms with Crippen LogP contribution in [0.15, 0.2) is 4.40 Å². The van der Waals surface area contributed by atoms with Crippen LogP contribution in [0.1, 0.15) is 40.5 Å². The lowest BCUT2D eigenvalue weighted by Gasteiger charge is -2.24. The Kier molecular flexibility index (Phi) is 2.71. The number of nitrogens with zero attached hydrogens (tertiary/aromatic N) is 1. The summed E-state index contributed by atoms with van der Waals surface area (Å²) in [4.78, 5) is 0. The van der Waals surface area contributed by atoms with Crippen LogP contribution in [0, 0.1) is 5.92 Å². The van der Waals surface area contributed by atoms with Crippen molar-refractivity contribution in [3.05, 3.63) is 0 Å². The minimum Gasteiger partial charge on any atom is -0.234 e. The van der Waals surface area contributed by atoms with Crippen LogP contribution in [0.2, 0.25) is 0 Å². The van der Waals surface area contributed by atoms with Crippen molar-refractivity contribution in [1.82, 2.24) is 0 Å². The van der Waals surface area contributed by atoms with E-state index in [4.69, 9.17) is 0 Å². The molecule has 1 rings (SSSR count). The summed E-state index contributed by atoms with van der Waals surface area (Å²) < 4.78 is 15.5. The number of rotatable bonds is 1. The van der Waals surface area contributed by atoms with E-state index in [-0.39, 0.29) is 4.75 Å². The molecule has 1 atom stereocenters. The summed E-state index contributed by atoms with van der Waals surface area (Å²) in [5, 5.41) is 0. The maximum atomic E-state index is 11.5. The van der Waals surface area contributed by atoms with Gasteiger partial charge in [-0.05, 0) is 39.5 Å². The molecule has 0 spiro atoms. The second-order valence-electron chi connectivity index (χ2n) is 4.53. The normalized spacial score (nSPS) is 26.3. The van der Waals surface area contributed by atoms with Gasteiger partial charge in [0, 0.05) is 5.71 Å². The Morgan fingerprint density at radius 2 is 1.92 bits per heavy atom. The van der Waals surface area contributed by atoms with Crippen molar-refractivity contribution in [2.45, 2.75) is 45.3 Å². The summed E-state index contributed by atoms with van der Waals surface area (Å²) in [6.45, 7) is 8.05. The summed E-state index contributed by atoms with van der Waals surface area (Å²) >= 11 is 0. The van der Waals surface area contributed by atoms with E-state index in [1.807, 2.05) is 20.8 Å². The van der Waals surface area contributed by atoms with E-state index < -0.39 is 11.0 Å². The molecule has 0 radical (unpaired) electrons. The highest BCUT2D eigenvalue weighted by atomic mass is 32.2. The Bertz CT molecular complexity index is 219. The predicted octanol–water partition coefficient (Wildman–Crippen LogP) is 2.32. The van der Waals surface area contributed by atoms with E-state index in [1.54, 1.807) is 0 Å². The van der Waals surface area contributed by atoms with Gasteiger partial charge in [-0.3, -0.25) is 0 Å². The first-order valence-corrected chi connectivity index (χ1v) is 5.48. The second kappa shape index (κ2) is 3.29. The fourth-order valence-corrected chi connectivity index (χ4v) is 1.73. The van der Waals surface area contributed by atoms with Gasteiger partial charge in [0.1, 0.15) is 11.0 Å². The van der Waals surface area contributed by atoms with Gasteiger partial charge in [0.05, 0.1) is 4.75 Å². The van der Waals surface area contributed by atoms with Gasteiger partial charge in [0.2, 0.25) is 0 Å². The summed E-state index contributed by atoms with van der Waals surface area (Å²) in [5.41, 5.74) is 1.13. The number of hydrogen-bond acceptors (Lipinski definition) is 1. The maximum absolute atomic E-state index is 11.5. The van der Waals surface area contributed by atoms with E-state index >= 15 is 0 Å². The Labute approximate surface area is 77.1 Å². The zero-order chi connectivity index (χ0) is 9.35. The standard InChI is InChI=1S/C9H17NOS/c1-7-5-8(6-7)10-12(11)9(2,3)4/h7H,5-6H2,1-4H3. The van der Waals surface area contributed by atoms with Gasteiger partial charge in [-0.1, -0.05) is 6.92 Å². The van der Waals surface area contributed by atoms with Crippen LogP contribution in [0.5, 0.6) is 0 Å². The van der Waals surface area contributed by atoms with Crippen LogP contribution < -0.4 is 0 Å². The average molecular weight is 187 g/mol. The van der Waals surface area contributed by atoms with Gasteiger partial charge in [-0.25, -0.2) is 4.21 Å². The van der Waals surface area contributed by atoms with Crippen molar-refractivity contribution in [3.63, 3.8) is 0 Å². The summed E-state index contributed by atoms with van der Waals surface area (Å²) in [6.07, 6.45) is 2.09. The first-order valence-electron chi connectivity index (χ1n) is 4.38. The van der Waals surface area contributed by atoms with Gasteiger partial charge < -0.3 is 0 Å². The van der Waals surface area contributed by atoms with Gasteiger partial charge in [0.15, 0.2) is 0 Å². The van der Waals surface area contributed by atoms with Crippen molar-refractivity contribution < 1.29 is 4.21 Å². The quantitative estimate of drug-likeness (QED) is 0.619. The fourth-order valence-electron chi connectivity index (χ4n) is 1.07. The molecule has 0 saturated heterocycles. The van der Waals surface area contributed by atoms with E-state index in [0.29, 0.717) is 0 Å². The van der Waals surface area contributed by atoms with E-state index in [0.717, 1.165) is 24.5 Å². The highest BCUT2D eigenvalue weighted by Crippen LogP contribution is 2.25. The molecule has 0 aliphatic heterocycles. The third kappa shape index (κ3) is 2.41. The SMILES string of the molecule is CC1CC(=NS(=O)C(C)(C)C)C1. The maximum Gasteiger partial charge on any atom is 0.144 e. The molecule has 1 aliphatic carbocycles. The van der Waals surface area contributed by atoms with Crippen LogP contribution in [0.3, 0.4) is 0 Å². The molecular weight excluding hydrogens is 170 g/mol. The second-order valence-corrected chi connectivity index (χ2v) is 6.44. The van der Waals surface area contributed by atoms with Crippen LogP contribution in [-0.4, -0.2) is 14.7 Å². The first kappa shape index (κ1) is 9.90. The van der Waals surface area contributed by atoms with E-state index in [1.165, 1.54) is 0 Å². The lowest BCUT2D eigenvalue weighted by Crippen LogP contribution is -2.25. The zero-order valence-corrected chi connectivity index (χ0v) is 9.07. The third-order valence-corrected chi connectivity index (χ3v) is 3.38. The van der Waals surface area contributed by atoms with Gasteiger partial charge in [-0.15, -0.1) is 0 Å². The first-order chi connectivity index (χ1) is 5.39. The van der Waals surface area contributed by atoms with Gasteiger partial charge >= 0.3 is 0 Å². The largest absolute Gasteiger partial charge is 0.234 e. The third-order valence-electron chi connectivity index (χ3n) is 1.90. The summed E-state index contributed by atoms with van der Waals surface area (Å²) in [7, 11) is -1.04. The summed E-state index contributed by atoms with van der Waals surface area (Å²) in [6, 6.07) is 0. The molecule has 0 N–H and O–H groups in total. The monoisotopic (exact) mass is 187 g/mol. The van der Waals surface area contributed by atoms with Crippen molar-refractivity contribution in [1.29, 1.82) is 0 Å². The molecule has 0 aromatic carbocycles. The number of hydrogen-bond donors (Lipinski definition) is 0. The van der Waals surface area contributed by atoms with Crippen molar-refractivity contribution in [2.24, 2.45) is 10.3 Å². The van der Waals surface area contributed by atoms with Crippen molar-refractivity contribution in [3.8, 4) is 0 Å². The van der Waals surface area contributed by atoms with E-state index in [9.17, 15) is 4.21 Å². The lowest BCUT2D eigenvalue weighted by molar-refractivity contribution is 0.555. The van der Waals surface area contributed by atoms with Crippen LogP contribution in [-0.2, 0) is 11.0 Å². The molecule has 0 heterocycles. The molecule has 0 aromatic rings. The Morgan fingerprint density at radius 3 is 2.25 bits per heavy atom. The van der Waals surface area contributed by atoms with Gasteiger partial charge in [0.25, 0.3) is 0 Å². The molecule has 0 amide bonds. The predicted molar refractivity (Wildman–Crippen MR) is 53.7 cm³/mol. The molecule has 12 heavy (non-hydrogen) atoms. The summed E-state index contributed by atoms with van der Waals surface area (Å²) in [5.74, 6) is 0.751. The minimum absolute atomic E-state index is 0.203. The topological polar surface area (TPSA) is 29.4 Å². The lowest BCUT2D eigenvalue weighted by atomic mass is 9.85. The molecule has 2 nitrogen and oxygen atoms in total. The van der Waals surface area contributed by atoms with Crippen molar-refractivity contribution in [2.75, 3.05) is 0 Å². The molecular formula is C9H17NOS. The van der Waals surface area contributed by atoms with E-state index in [2.05, 4.69) is 11.3 Å². The van der Waals surface area contributed by atoms with Crippen LogP contribution >= 0.6 is 0 Å². The highest BCUT2D eigenvalue weighted by molar-refractivity contribution is 7.85. The fraction of sp³-hybridized carbons (Fsp3) is 0.889. The molecule has 0 aromatic heterocycles. The molecule has 0 bridgehead atoms. The molecule has 70 valence electrons. The zero-order valence-electron chi connectivity index (χ0n) is 8.26. The van der Waals surface area contributed by atoms with Crippen LogP contribution in [0.25, 0.3) is 0 Å². The Balaban J connectivity index is 2.52.